The van der Waals surface area contributed by atoms with Crippen molar-refractivity contribution in [2.24, 2.45) is 5.92 Å². The largest absolute Gasteiger partial charge is 0.326 e. The predicted molar refractivity (Wildman–Crippen MR) is 116 cm³/mol. The van der Waals surface area contributed by atoms with Crippen LogP contribution >= 0.6 is 15.9 Å². The second-order valence-corrected chi connectivity index (χ2v) is 8.57. The molecule has 1 N–H and O–H groups in total. The van der Waals surface area contributed by atoms with Gasteiger partial charge in [-0.25, -0.2) is 0 Å². The summed E-state index contributed by atoms with van der Waals surface area (Å²) >= 11 is 3.70. The molecule has 0 aliphatic carbocycles. The number of carbonyl (C=O) groups excluding carboxylic acids is 1. The maximum atomic E-state index is 11.1. The molecule has 1 saturated heterocycles. The zero-order valence-corrected chi connectivity index (χ0v) is 17.9. The third-order valence-electron chi connectivity index (χ3n) is 5.41. The molecule has 4 heteroatoms. The summed E-state index contributed by atoms with van der Waals surface area (Å²) in [7, 11) is 0. The Bertz CT molecular complexity index is 764. The fourth-order valence-electron chi connectivity index (χ4n) is 3.83. The van der Waals surface area contributed by atoms with Crippen LogP contribution in [0.1, 0.15) is 36.5 Å². The number of hydrogen-bond acceptors (Lipinski definition) is 2. The van der Waals surface area contributed by atoms with Crippen molar-refractivity contribution >= 4 is 27.5 Å². The first-order valence-electron chi connectivity index (χ1n) is 9.83. The number of amides is 1. The van der Waals surface area contributed by atoms with Gasteiger partial charge in [-0.2, -0.15) is 0 Å². The molecule has 3 nitrogen and oxygen atoms in total. The van der Waals surface area contributed by atoms with Gasteiger partial charge in [0.25, 0.3) is 0 Å². The number of anilines is 1. The van der Waals surface area contributed by atoms with E-state index in [0.29, 0.717) is 0 Å². The first kappa shape index (κ1) is 20.1. The summed E-state index contributed by atoms with van der Waals surface area (Å²) < 4.78 is 1.25. The first-order valence-corrected chi connectivity index (χ1v) is 10.6. The molecule has 144 valence electrons. The molecule has 3 rings (SSSR count). The SMILES string of the molecule is CC(=O)Nc1ccc(CCN2CCC(Cc3cc(C)ccc3Br)CC2)cc1. The molecule has 2 aromatic carbocycles. The molecule has 0 saturated carbocycles. The van der Waals surface area contributed by atoms with Gasteiger partial charge in [-0.05, 0) is 80.9 Å². The van der Waals surface area contributed by atoms with Crippen molar-refractivity contribution in [1.29, 1.82) is 0 Å². The Morgan fingerprint density at radius 1 is 1.15 bits per heavy atom. The molecule has 1 amide bonds. The van der Waals surface area contributed by atoms with Crippen LogP contribution in [0.25, 0.3) is 0 Å². The lowest BCUT2D eigenvalue weighted by molar-refractivity contribution is -0.114. The first-order chi connectivity index (χ1) is 13.0. The summed E-state index contributed by atoms with van der Waals surface area (Å²) in [6, 6.07) is 14.9. The highest BCUT2D eigenvalue weighted by Gasteiger charge is 2.20. The normalized spacial score (nSPS) is 15.7. The summed E-state index contributed by atoms with van der Waals surface area (Å²) in [5.74, 6) is 0.764. The summed E-state index contributed by atoms with van der Waals surface area (Å²) in [5, 5.41) is 2.82. The van der Waals surface area contributed by atoms with Gasteiger partial charge in [0.2, 0.25) is 5.91 Å². The minimum atomic E-state index is -0.0247. The minimum Gasteiger partial charge on any atom is -0.326 e. The van der Waals surface area contributed by atoms with Crippen molar-refractivity contribution in [3.8, 4) is 0 Å². The van der Waals surface area contributed by atoms with E-state index in [-0.39, 0.29) is 5.91 Å². The lowest BCUT2D eigenvalue weighted by Crippen LogP contribution is -2.35. The molecule has 0 atom stereocenters. The molecular formula is C23H29BrN2O. The van der Waals surface area contributed by atoms with E-state index in [4.69, 9.17) is 0 Å². The van der Waals surface area contributed by atoms with Crippen LogP contribution < -0.4 is 5.32 Å². The van der Waals surface area contributed by atoms with E-state index in [2.05, 4.69) is 63.4 Å². The number of hydrogen-bond donors (Lipinski definition) is 1. The number of piperidine rings is 1. The molecule has 0 radical (unpaired) electrons. The van der Waals surface area contributed by atoms with Gasteiger partial charge in [0.05, 0.1) is 0 Å². The smallest absolute Gasteiger partial charge is 0.221 e. The number of halogens is 1. The fourth-order valence-corrected chi connectivity index (χ4v) is 4.24. The van der Waals surface area contributed by atoms with Gasteiger partial charge in [-0.3, -0.25) is 4.79 Å². The Morgan fingerprint density at radius 3 is 2.52 bits per heavy atom. The zero-order chi connectivity index (χ0) is 19.2. The number of aryl methyl sites for hydroxylation is 1. The van der Waals surface area contributed by atoms with Crippen LogP contribution in [0.3, 0.4) is 0 Å². The van der Waals surface area contributed by atoms with Gasteiger partial charge in [-0.1, -0.05) is 45.8 Å². The lowest BCUT2D eigenvalue weighted by atomic mass is 9.89. The average Bonchev–Trinajstić information content (AvgIpc) is 2.65. The number of likely N-dealkylation sites (tertiary alicyclic amines) is 1. The number of benzene rings is 2. The number of nitrogens with one attached hydrogen (secondary N) is 1. The third-order valence-corrected chi connectivity index (χ3v) is 6.18. The van der Waals surface area contributed by atoms with Crippen LogP contribution in [0.15, 0.2) is 46.9 Å². The van der Waals surface area contributed by atoms with Crippen LogP contribution in [0, 0.1) is 12.8 Å². The maximum absolute atomic E-state index is 11.1. The van der Waals surface area contributed by atoms with E-state index in [0.717, 1.165) is 24.6 Å². The Morgan fingerprint density at radius 2 is 1.85 bits per heavy atom. The molecule has 0 unspecified atom stereocenters. The number of carbonyl (C=O) groups is 1. The molecule has 1 heterocycles. The topological polar surface area (TPSA) is 32.3 Å². The van der Waals surface area contributed by atoms with Crippen LogP contribution in [0.5, 0.6) is 0 Å². The molecular weight excluding hydrogens is 400 g/mol. The predicted octanol–water partition coefficient (Wildman–Crippen LogP) is 5.21. The van der Waals surface area contributed by atoms with Crippen molar-refractivity contribution in [1.82, 2.24) is 4.90 Å². The zero-order valence-electron chi connectivity index (χ0n) is 16.3. The van der Waals surface area contributed by atoms with Gasteiger partial charge in [-0.15, -0.1) is 0 Å². The summed E-state index contributed by atoms with van der Waals surface area (Å²) in [4.78, 5) is 13.7. The summed E-state index contributed by atoms with van der Waals surface area (Å²) in [5.41, 5.74) is 4.99. The second-order valence-electron chi connectivity index (χ2n) is 7.71. The van der Waals surface area contributed by atoms with Crippen LogP contribution in [-0.2, 0) is 17.6 Å². The van der Waals surface area contributed by atoms with Gasteiger partial charge in [0, 0.05) is 23.6 Å². The number of nitrogens with zero attached hydrogens (tertiary/aromatic N) is 1. The highest BCUT2D eigenvalue weighted by Crippen LogP contribution is 2.26. The fraction of sp³-hybridized carbons (Fsp3) is 0.435. The molecule has 0 spiro atoms. The number of rotatable bonds is 6. The van der Waals surface area contributed by atoms with Crippen LogP contribution in [-0.4, -0.2) is 30.4 Å². The Hall–Kier alpha value is -1.65. The van der Waals surface area contributed by atoms with E-state index in [1.807, 2.05) is 12.1 Å². The van der Waals surface area contributed by atoms with Crippen molar-refractivity contribution < 1.29 is 4.79 Å². The molecule has 1 aliphatic heterocycles. The van der Waals surface area contributed by atoms with Gasteiger partial charge in [0.1, 0.15) is 0 Å². The minimum absolute atomic E-state index is 0.0247. The van der Waals surface area contributed by atoms with Crippen molar-refractivity contribution in [2.45, 2.75) is 39.5 Å². The highest BCUT2D eigenvalue weighted by molar-refractivity contribution is 9.10. The van der Waals surface area contributed by atoms with E-state index < -0.39 is 0 Å². The Balaban J connectivity index is 1.43. The average molecular weight is 429 g/mol. The van der Waals surface area contributed by atoms with E-state index in [1.165, 1.54) is 60.4 Å². The van der Waals surface area contributed by atoms with Gasteiger partial charge in [0.15, 0.2) is 0 Å². The maximum Gasteiger partial charge on any atom is 0.221 e. The molecule has 1 fully saturated rings. The van der Waals surface area contributed by atoms with Crippen molar-refractivity contribution in [3.05, 3.63) is 63.6 Å². The Kier molecular flexibility index (Phi) is 7.08. The highest BCUT2D eigenvalue weighted by atomic mass is 79.9. The monoisotopic (exact) mass is 428 g/mol. The lowest BCUT2D eigenvalue weighted by Gasteiger charge is -2.32. The molecule has 0 bridgehead atoms. The van der Waals surface area contributed by atoms with Crippen LogP contribution in [0.4, 0.5) is 5.69 Å². The van der Waals surface area contributed by atoms with Crippen molar-refractivity contribution in [3.63, 3.8) is 0 Å². The Labute approximate surface area is 171 Å². The summed E-state index contributed by atoms with van der Waals surface area (Å²) in [6.07, 6.45) is 4.80. The van der Waals surface area contributed by atoms with Gasteiger partial charge >= 0.3 is 0 Å². The molecule has 27 heavy (non-hydrogen) atoms. The van der Waals surface area contributed by atoms with Gasteiger partial charge < -0.3 is 10.2 Å². The second kappa shape index (κ2) is 9.52. The van der Waals surface area contributed by atoms with Crippen molar-refractivity contribution in [2.75, 3.05) is 25.0 Å². The molecule has 2 aromatic rings. The standard InChI is InChI=1S/C23H29BrN2O/c1-17-3-8-23(24)21(15-17)16-20-10-13-26(14-11-20)12-9-19-4-6-22(7-5-19)25-18(2)27/h3-8,15,20H,9-14,16H2,1-2H3,(H,25,27). The quantitative estimate of drug-likeness (QED) is 0.684. The molecule has 1 aliphatic rings. The van der Waals surface area contributed by atoms with E-state index in [9.17, 15) is 4.79 Å². The van der Waals surface area contributed by atoms with Crippen LogP contribution in [0.2, 0.25) is 0 Å². The molecule has 0 aromatic heterocycles. The van der Waals surface area contributed by atoms with E-state index >= 15 is 0 Å². The van der Waals surface area contributed by atoms with E-state index in [1.54, 1.807) is 0 Å². The summed E-state index contributed by atoms with van der Waals surface area (Å²) in [6.45, 7) is 7.20. The third kappa shape index (κ3) is 6.18.